The Balaban J connectivity index is 1.74. The highest BCUT2D eigenvalue weighted by molar-refractivity contribution is 7.80. The van der Waals surface area contributed by atoms with Crippen molar-refractivity contribution in [2.24, 2.45) is 0 Å². The summed E-state index contributed by atoms with van der Waals surface area (Å²) in [5.41, 5.74) is 3.11. The quantitative estimate of drug-likeness (QED) is 0.263. The summed E-state index contributed by atoms with van der Waals surface area (Å²) in [6.07, 6.45) is 4.15. The molecule has 1 aliphatic heterocycles. The summed E-state index contributed by atoms with van der Waals surface area (Å²) >= 11 is 5.29. The van der Waals surface area contributed by atoms with Crippen LogP contribution >= 0.6 is 12.2 Å². The number of benzene rings is 2. The Bertz CT molecular complexity index is 1290. The molecule has 1 N–H and O–H groups in total. The monoisotopic (exact) mass is 461 g/mol. The summed E-state index contributed by atoms with van der Waals surface area (Å²) in [7, 11) is 0. The Morgan fingerprint density at radius 2 is 1.82 bits per heavy atom. The zero-order chi connectivity index (χ0) is 23.5. The maximum Gasteiger partial charge on any atom is 0.325 e. The van der Waals surface area contributed by atoms with Crippen LogP contribution in [0.15, 0.2) is 60.3 Å². The average molecular weight is 462 g/mol. The van der Waals surface area contributed by atoms with E-state index in [4.69, 9.17) is 17.0 Å². The van der Waals surface area contributed by atoms with Crippen molar-refractivity contribution in [1.82, 2.24) is 9.88 Å². The number of thiocarbonyl (C=S) groups is 1. The van der Waals surface area contributed by atoms with Crippen LogP contribution in [0.4, 0.5) is 5.69 Å². The molecule has 168 valence electrons. The van der Waals surface area contributed by atoms with E-state index >= 15 is 0 Å². The number of ether oxygens (including phenoxy) is 1. The molecular weight excluding hydrogens is 438 g/mol. The molecule has 0 unspecified atom stereocenters. The van der Waals surface area contributed by atoms with Gasteiger partial charge in [-0.15, -0.1) is 0 Å². The van der Waals surface area contributed by atoms with Gasteiger partial charge in [0, 0.05) is 22.7 Å². The molecule has 0 bridgehead atoms. The van der Waals surface area contributed by atoms with Gasteiger partial charge in [0.1, 0.15) is 12.1 Å². The van der Waals surface area contributed by atoms with Crippen LogP contribution in [0.2, 0.25) is 0 Å². The molecule has 4 rings (SSSR count). The maximum atomic E-state index is 13.3. The normalized spacial score (nSPS) is 15.3. The van der Waals surface area contributed by atoms with Crippen LogP contribution in [0.25, 0.3) is 17.0 Å². The van der Waals surface area contributed by atoms with Crippen molar-refractivity contribution in [1.29, 1.82) is 0 Å². The summed E-state index contributed by atoms with van der Waals surface area (Å²) in [6, 6.07) is 14.9. The first-order valence-electron chi connectivity index (χ1n) is 10.7. The van der Waals surface area contributed by atoms with Crippen molar-refractivity contribution in [2.45, 2.75) is 26.8 Å². The van der Waals surface area contributed by atoms with E-state index in [-0.39, 0.29) is 23.2 Å². The number of esters is 1. The molecule has 2 amide bonds. The molecule has 2 heterocycles. The van der Waals surface area contributed by atoms with Crippen LogP contribution in [0.1, 0.15) is 25.0 Å². The number of nitrogens with one attached hydrogen (secondary N) is 1. The van der Waals surface area contributed by atoms with E-state index in [0.717, 1.165) is 22.9 Å². The fourth-order valence-corrected chi connectivity index (χ4v) is 4.08. The van der Waals surface area contributed by atoms with Gasteiger partial charge in [0.25, 0.3) is 11.8 Å². The third-order valence-corrected chi connectivity index (χ3v) is 5.71. The second-order valence-electron chi connectivity index (χ2n) is 7.51. The minimum absolute atomic E-state index is 0.0255. The molecule has 8 heteroatoms. The van der Waals surface area contributed by atoms with E-state index in [0.29, 0.717) is 17.9 Å². The third-order valence-electron chi connectivity index (χ3n) is 5.43. The van der Waals surface area contributed by atoms with Gasteiger partial charge >= 0.3 is 5.97 Å². The van der Waals surface area contributed by atoms with Crippen molar-refractivity contribution in [3.05, 3.63) is 71.4 Å². The van der Waals surface area contributed by atoms with Gasteiger partial charge in [-0.2, -0.15) is 0 Å². The Labute approximate surface area is 196 Å². The number of hydrogen-bond donors (Lipinski definition) is 1. The second-order valence-corrected chi connectivity index (χ2v) is 7.90. The summed E-state index contributed by atoms with van der Waals surface area (Å²) in [5.74, 6) is -1.43. The van der Waals surface area contributed by atoms with Crippen molar-refractivity contribution in [3.8, 4) is 0 Å². The van der Waals surface area contributed by atoms with Crippen LogP contribution in [0.5, 0.6) is 0 Å². The first kappa shape index (κ1) is 22.4. The van der Waals surface area contributed by atoms with E-state index < -0.39 is 11.8 Å². The molecule has 3 aromatic rings. The number of fused-ring (bicyclic) bond motifs is 1. The van der Waals surface area contributed by atoms with Gasteiger partial charge in [0.15, 0.2) is 5.11 Å². The number of aryl methyl sites for hydroxylation is 1. The fourth-order valence-electron chi connectivity index (χ4n) is 3.79. The summed E-state index contributed by atoms with van der Waals surface area (Å²) < 4.78 is 6.81. The first-order chi connectivity index (χ1) is 15.9. The Hall–Kier alpha value is -3.78. The van der Waals surface area contributed by atoms with Crippen LogP contribution in [-0.4, -0.2) is 34.1 Å². The zero-order valence-electron chi connectivity index (χ0n) is 18.3. The number of nitrogens with zero attached hydrogens (tertiary/aromatic N) is 2. The number of rotatable bonds is 6. The molecule has 1 saturated heterocycles. The third kappa shape index (κ3) is 4.42. The van der Waals surface area contributed by atoms with Gasteiger partial charge in [-0.3, -0.25) is 24.6 Å². The molecule has 1 aromatic heterocycles. The van der Waals surface area contributed by atoms with Gasteiger partial charge < -0.3 is 9.30 Å². The first-order valence-corrected chi connectivity index (χ1v) is 11.1. The molecular formula is C25H23N3O4S. The lowest BCUT2D eigenvalue weighted by molar-refractivity contribution is -0.143. The van der Waals surface area contributed by atoms with Crippen LogP contribution in [-0.2, 0) is 32.1 Å². The van der Waals surface area contributed by atoms with Crippen LogP contribution < -0.4 is 10.2 Å². The Morgan fingerprint density at radius 1 is 1.09 bits per heavy atom. The molecule has 0 atom stereocenters. The summed E-state index contributed by atoms with van der Waals surface area (Å²) in [4.78, 5) is 39.4. The van der Waals surface area contributed by atoms with Gasteiger partial charge in [0.2, 0.25) is 0 Å². The highest BCUT2D eigenvalue weighted by Crippen LogP contribution is 2.27. The SMILES string of the molecule is CCOC(=O)Cn1cc(C=C2C(=O)NC(=S)N(c3ccc(CC)cc3)C2=O)c2ccccc21. The van der Waals surface area contributed by atoms with E-state index in [1.54, 1.807) is 17.7 Å². The molecule has 0 aliphatic carbocycles. The van der Waals surface area contributed by atoms with Crippen molar-refractivity contribution in [2.75, 3.05) is 11.5 Å². The topological polar surface area (TPSA) is 80.6 Å². The highest BCUT2D eigenvalue weighted by Gasteiger charge is 2.34. The molecule has 33 heavy (non-hydrogen) atoms. The van der Waals surface area contributed by atoms with E-state index in [1.165, 1.54) is 11.0 Å². The number of carbonyl (C=O) groups excluding carboxylic acids is 3. The Kier molecular flexibility index (Phi) is 6.37. The zero-order valence-corrected chi connectivity index (χ0v) is 19.1. The molecule has 0 radical (unpaired) electrons. The predicted molar refractivity (Wildman–Crippen MR) is 131 cm³/mol. The second kappa shape index (κ2) is 9.38. The number of para-hydroxylation sites is 1. The number of anilines is 1. The molecule has 2 aromatic carbocycles. The van der Waals surface area contributed by atoms with Gasteiger partial charge in [-0.25, -0.2) is 0 Å². The summed E-state index contributed by atoms with van der Waals surface area (Å²) in [6.45, 7) is 4.11. The number of amides is 2. The van der Waals surface area contributed by atoms with E-state index in [1.807, 2.05) is 55.5 Å². The van der Waals surface area contributed by atoms with Gasteiger partial charge in [-0.1, -0.05) is 37.3 Å². The van der Waals surface area contributed by atoms with E-state index in [2.05, 4.69) is 5.32 Å². The fraction of sp³-hybridized carbons (Fsp3) is 0.200. The lowest BCUT2D eigenvalue weighted by Crippen LogP contribution is -2.54. The maximum absolute atomic E-state index is 13.3. The van der Waals surface area contributed by atoms with Crippen molar-refractivity contribution in [3.63, 3.8) is 0 Å². The van der Waals surface area contributed by atoms with E-state index in [9.17, 15) is 14.4 Å². The molecule has 0 spiro atoms. The molecule has 1 fully saturated rings. The smallest absolute Gasteiger partial charge is 0.325 e. The minimum atomic E-state index is -0.561. The number of aromatic nitrogens is 1. The van der Waals surface area contributed by atoms with Crippen LogP contribution in [0, 0.1) is 0 Å². The Morgan fingerprint density at radius 3 is 2.52 bits per heavy atom. The van der Waals surface area contributed by atoms with Gasteiger partial charge in [0.05, 0.1) is 12.3 Å². The average Bonchev–Trinajstić information content (AvgIpc) is 3.14. The predicted octanol–water partition coefficient (Wildman–Crippen LogP) is 3.60. The van der Waals surface area contributed by atoms with Crippen molar-refractivity contribution >= 4 is 57.8 Å². The standard InChI is InChI=1S/C25H23N3O4S/c1-3-16-9-11-18(12-10-16)28-24(31)20(23(30)26-25(28)33)13-17-14-27(15-22(29)32-4-2)21-8-6-5-7-19(17)21/h5-14H,3-4,15H2,1-2H3,(H,26,30,33). The lowest BCUT2D eigenvalue weighted by atomic mass is 10.1. The van der Waals surface area contributed by atoms with Gasteiger partial charge in [-0.05, 0) is 55.4 Å². The largest absolute Gasteiger partial charge is 0.465 e. The van der Waals surface area contributed by atoms with Crippen LogP contribution in [0.3, 0.4) is 0 Å². The molecule has 0 saturated carbocycles. The minimum Gasteiger partial charge on any atom is -0.465 e. The van der Waals surface area contributed by atoms with Crippen molar-refractivity contribution < 1.29 is 19.1 Å². The molecule has 1 aliphatic rings. The lowest BCUT2D eigenvalue weighted by Gasteiger charge is -2.29. The highest BCUT2D eigenvalue weighted by atomic mass is 32.1. The number of carbonyl (C=O) groups is 3. The number of hydrogen-bond acceptors (Lipinski definition) is 5. The summed E-state index contributed by atoms with van der Waals surface area (Å²) in [5, 5.41) is 3.45. The molecule has 7 nitrogen and oxygen atoms in total.